The summed E-state index contributed by atoms with van der Waals surface area (Å²) in [5.74, 6) is 0. The van der Waals surface area contributed by atoms with Gasteiger partial charge >= 0.3 is 0 Å². The molecule has 0 bridgehead atoms. The van der Waals surface area contributed by atoms with E-state index in [1.165, 1.54) is 18.5 Å². The molecule has 1 atom stereocenters. The van der Waals surface area contributed by atoms with E-state index in [1.807, 2.05) is 18.7 Å². The minimum atomic E-state index is 0.433. The number of H-pyrrole nitrogens is 1. The summed E-state index contributed by atoms with van der Waals surface area (Å²) in [7, 11) is 0. The maximum Gasteiger partial charge on any atom is 0.0995 e. The summed E-state index contributed by atoms with van der Waals surface area (Å²) < 4.78 is 2.08. The Labute approximate surface area is 87.5 Å². The fraction of sp³-hybridized carbons (Fsp3) is 0.400. The Hall–Kier alpha value is -1.62. The second-order valence-electron chi connectivity index (χ2n) is 3.79. The summed E-state index contributed by atoms with van der Waals surface area (Å²) in [4.78, 5) is 4.20. The summed E-state index contributed by atoms with van der Waals surface area (Å²) in [6, 6.07) is 0.433. The van der Waals surface area contributed by atoms with Gasteiger partial charge in [0.2, 0.25) is 0 Å². The van der Waals surface area contributed by atoms with E-state index in [0.29, 0.717) is 6.04 Å². The van der Waals surface area contributed by atoms with E-state index in [1.54, 1.807) is 6.20 Å². The summed E-state index contributed by atoms with van der Waals surface area (Å²) in [6.45, 7) is 1.10. The van der Waals surface area contributed by atoms with Crippen molar-refractivity contribution in [3.05, 3.63) is 30.6 Å². The van der Waals surface area contributed by atoms with E-state index in [4.69, 9.17) is 0 Å². The van der Waals surface area contributed by atoms with Crippen molar-refractivity contribution < 1.29 is 0 Å². The molecule has 0 aliphatic carbocycles. The molecule has 0 aromatic carbocycles. The number of hydrogen-bond donors (Lipinski definition) is 2. The Morgan fingerprint density at radius 1 is 1.40 bits per heavy atom. The van der Waals surface area contributed by atoms with Gasteiger partial charge in [0.1, 0.15) is 0 Å². The number of nitrogens with zero attached hydrogens (tertiary/aromatic N) is 3. The Bertz CT molecular complexity index is 424. The van der Waals surface area contributed by atoms with Crippen LogP contribution in [0, 0.1) is 0 Å². The second kappa shape index (κ2) is 3.51. The van der Waals surface area contributed by atoms with Crippen molar-refractivity contribution in [3.8, 4) is 5.69 Å². The molecule has 0 radical (unpaired) electrons. The number of aromatic nitrogens is 4. The molecule has 5 heteroatoms. The van der Waals surface area contributed by atoms with Crippen LogP contribution >= 0.6 is 0 Å². The van der Waals surface area contributed by atoms with Crippen molar-refractivity contribution in [2.45, 2.75) is 18.9 Å². The minimum absolute atomic E-state index is 0.433. The lowest BCUT2D eigenvalue weighted by molar-refractivity contribution is 0.615. The molecule has 0 amide bonds. The van der Waals surface area contributed by atoms with Crippen LogP contribution in [0.25, 0.3) is 5.69 Å². The largest absolute Gasteiger partial charge is 0.309 e. The van der Waals surface area contributed by atoms with Crippen molar-refractivity contribution in [1.29, 1.82) is 0 Å². The van der Waals surface area contributed by atoms with Crippen molar-refractivity contribution in [1.82, 2.24) is 25.1 Å². The Morgan fingerprint density at radius 3 is 3.13 bits per heavy atom. The lowest BCUT2D eigenvalue weighted by atomic mass is 10.2. The highest BCUT2D eigenvalue weighted by Gasteiger charge is 2.20. The fourth-order valence-electron chi connectivity index (χ4n) is 2.09. The first-order valence-corrected chi connectivity index (χ1v) is 5.20. The molecule has 1 aliphatic heterocycles. The molecule has 1 fully saturated rings. The molecule has 5 nitrogen and oxygen atoms in total. The molecule has 2 aromatic rings. The second-order valence-corrected chi connectivity index (χ2v) is 3.79. The van der Waals surface area contributed by atoms with E-state index in [-0.39, 0.29) is 0 Å². The molecule has 3 rings (SSSR count). The molecule has 1 saturated heterocycles. The SMILES string of the molecule is c1n[nH]cc1-n1cncc1C1CCCN1. The van der Waals surface area contributed by atoms with Crippen LogP contribution in [0.15, 0.2) is 24.9 Å². The van der Waals surface area contributed by atoms with Gasteiger partial charge in [0.15, 0.2) is 0 Å². The van der Waals surface area contributed by atoms with Crippen LogP contribution in [0.4, 0.5) is 0 Å². The first kappa shape index (κ1) is 8.67. The van der Waals surface area contributed by atoms with Gasteiger partial charge in [-0.05, 0) is 19.4 Å². The van der Waals surface area contributed by atoms with Crippen LogP contribution in [0.1, 0.15) is 24.6 Å². The minimum Gasteiger partial charge on any atom is -0.309 e. The highest BCUT2D eigenvalue weighted by Crippen LogP contribution is 2.24. The van der Waals surface area contributed by atoms with Gasteiger partial charge in [-0.2, -0.15) is 5.10 Å². The summed E-state index contributed by atoms with van der Waals surface area (Å²) >= 11 is 0. The molecular formula is C10H13N5. The van der Waals surface area contributed by atoms with E-state index in [0.717, 1.165) is 12.2 Å². The van der Waals surface area contributed by atoms with Crippen LogP contribution in [-0.2, 0) is 0 Å². The van der Waals surface area contributed by atoms with Gasteiger partial charge < -0.3 is 5.32 Å². The Balaban J connectivity index is 1.98. The first-order chi connectivity index (χ1) is 7.45. The molecule has 1 aliphatic rings. The van der Waals surface area contributed by atoms with Crippen molar-refractivity contribution >= 4 is 0 Å². The molecule has 78 valence electrons. The van der Waals surface area contributed by atoms with Gasteiger partial charge in [0.25, 0.3) is 0 Å². The summed E-state index contributed by atoms with van der Waals surface area (Å²) in [6.07, 6.45) is 9.86. The summed E-state index contributed by atoms with van der Waals surface area (Å²) in [5.41, 5.74) is 2.25. The topological polar surface area (TPSA) is 58.5 Å². The predicted molar refractivity (Wildman–Crippen MR) is 55.7 cm³/mol. The molecule has 2 aromatic heterocycles. The summed E-state index contributed by atoms with van der Waals surface area (Å²) in [5, 5.41) is 10.2. The van der Waals surface area contributed by atoms with Crippen molar-refractivity contribution in [2.75, 3.05) is 6.54 Å². The fourth-order valence-corrected chi connectivity index (χ4v) is 2.09. The Kier molecular flexibility index (Phi) is 2.03. The number of hydrogen-bond acceptors (Lipinski definition) is 3. The number of rotatable bonds is 2. The van der Waals surface area contributed by atoms with E-state index < -0.39 is 0 Å². The van der Waals surface area contributed by atoms with Gasteiger partial charge in [0, 0.05) is 12.2 Å². The maximum atomic E-state index is 4.20. The van der Waals surface area contributed by atoms with Gasteiger partial charge in [0.05, 0.1) is 30.1 Å². The Morgan fingerprint density at radius 2 is 2.40 bits per heavy atom. The molecule has 15 heavy (non-hydrogen) atoms. The average Bonchev–Trinajstić information content (AvgIpc) is 3.01. The zero-order valence-corrected chi connectivity index (χ0v) is 8.35. The molecule has 1 unspecified atom stereocenters. The lowest BCUT2D eigenvalue weighted by Gasteiger charge is -2.11. The quantitative estimate of drug-likeness (QED) is 0.766. The smallest absolute Gasteiger partial charge is 0.0995 e. The molecule has 3 heterocycles. The van der Waals surface area contributed by atoms with Crippen molar-refractivity contribution in [2.24, 2.45) is 0 Å². The lowest BCUT2D eigenvalue weighted by Crippen LogP contribution is -2.15. The normalized spacial score (nSPS) is 20.9. The molecule has 2 N–H and O–H groups in total. The third kappa shape index (κ3) is 1.45. The number of imidazole rings is 1. The van der Waals surface area contributed by atoms with Crippen LogP contribution in [0.3, 0.4) is 0 Å². The maximum absolute atomic E-state index is 4.20. The molecule has 0 spiro atoms. The van der Waals surface area contributed by atoms with E-state index in [2.05, 4.69) is 25.1 Å². The van der Waals surface area contributed by atoms with Crippen LogP contribution in [0.5, 0.6) is 0 Å². The number of aromatic amines is 1. The standard InChI is InChI=1S/C10H13N5/c1-2-9(12-3-1)10-6-11-7-15(10)8-4-13-14-5-8/h4-7,9,12H,1-3H2,(H,13,14). The van der Waals surface area contributed by atoms with Gasteiger partial charge in [-0.3, -0.25) is 9.67 Å². The zero-order chi connectivity index (χ0) is 10.1. The monoisotopic (exact) mass is 203 g/mol. The third-order valence-corrected chi connectivity index (χ3v) is 2.85. The average molecular weight is 203 g/mol. The number of nitrogens with one attached hydrogen (secondary N) is 2. The van der Waals surface area contributed by atoms with E-state index in [9.17, 15) is 0 Å². The highest BCUT2D eigenvalue weighted by atomic mass is 15.2. The zero-order valence-electron chi connectivity index (χ0n) is 8.35. The van der Waals surface area contributed by atoms with Gasteiger partial charge in [-0.1, -0.05) is 0 Å². The highest BCUT2D eigenvalue weighted by molar-refractivity contribution is 5.29. The van der Waals surface area contributed by atoms with E-state index >= 15 is 0 Å². The van der Waals surface area contributed by atoms with Crippen LogP contribution in [0.2, 0.25) is 0 Å². The van der Waals surface area contributed by atoms with Gasteiger partial charge in [-0.25, -0.2) is 4.98 Å². The van der Waals surface area contributed by atoms with Crippen molar-refractivity contribution in [3.63, 3.8) is 0 Å². The van der Waals surface area contributed by atoms with Crippen LogP contribution < -0.4 is 5.32 Å². The third-order valence-electron chi connectivity index (χ3n) is 2.85. The first-order valence-electron chi connectivity index (χ1n) is 5.20. The molecular weight excluding hydrogens is 190 g/mol. The predicted octanol–water partition coefficient (Wildman–Crippen LogP) is 1.02. The van der Waals surface area contributed by atoms with Crippen LogP contribution in [-0.4, -0.2) is 26.3 Å². The molecule has 0 saturated carbocycles. The van der Waals surface area contributed by atoms with Gasteiger partial charge in [-0.15, -0.1) is 0 Å².